The molecule has 0 bridgehead atoms. The van der Waals surface area contributed by atoms with E-state index in [2.05, 4.69) is 27.3 Å². The highest BCUT2D eigenvalue weighted by Gasteiger charge is 2.20. The summed E-state index contributed by atoms with van der Waals surface area (Å²) in [6.45, 7) is 1.07. The summed E-state index contributed by atoms with van der Waals surface area (Å²) in [5, 5.41) is 12.3. The molecule has 2 rings (SSSR count). The third kappa shape index (κ3) is 1.23. The fourth-order valence-corrected chi connectivity index (χ4v) is 1.92. The number of rotatable bonds is 1. The average Bonchev–Trinajstić information content (AvgIpc) is 2.46. The standard InChI is InChI=1S/C9H10BrNO/c10-7-1-2-9-8(3-7)6(5-12)4-11-9/h1-3,6,11-12H,4-5H2. The Morgan fingerprint density at radius 1 is 1.58 bits per heavy atom. The van der Waals surface area contributed by atoms with Crippen molar-refractivity contribution in [3.63, 3.8) is 0 Å². The molecule has 1 aromatic rings. The lowest BCUT2D eigenvalue weighted by molar-refractivity contribution is 0.273. The second-order valence-electron chi connectivity index (χ2n) is 2.99. The molecule has 0 saturated heterocycles. The molecule has 0 radical (unpaired) electrons. The SMILES string of the molecule is OCC1CNc2ccc(Br)cc21. The first-order valence-corrected chi connectivity index (χ1v) is 4.74. The molecule has 0 spiro atoms. The molecule has 1 heterocycles. The summed E-state index contributed by atoms with van der Waals surface area (Å²) in [6, 6.07) is 6.11. The number of nitrogens with one attached hydrogen (secondary N) is 1. The number of hydrogen-bond donors (Lipinski definition) is 2. The fraction of sp³-hybridized carbons (Fsp3) is 0.333. The molecule has 0 saturated carbocycles. The molecule has 1 aromatic carbocycles. The molecular formula is C9H10BrNO. The van der Waals surface area contributed by atoms with Gasteiger partial charge in [0.05, 0.1) is 6.61 Å². The van der Waals surface area contributed by atoms with E-state index in [4.69, 9.17) is 5.11 Å². The Hall–Kier alpha value is -0.540. The van der Waals surface area contributed by atoms with Crippen LogP contribution in [0.4, 0.5) is 5.69 Å². The minimum atomic E-state index is 0.219. The first-order chi connectivity index (χ1) is 5.81. The summed E-state index contributed by atoms with van der Waals surface area (Å²) in [5.74, 6) is 0.262. The molecule has 0 fully saturated rings. The molecule has 1 aliphatic rings. The third-order valence-electron chi connectivity index (χ3n) is 2.21. The Morgan fingerprint density at radius 3 is 3.17 bits per heavy atom. The number of hydrogen-bond acceptors (Lipinski definition) is 2. The lowest BCUT2D eigenvalue weighted by atomic mass is 10.0. The van der Waals surface area contributed by atoms with Crippen molar-refractivity contribution in [3.8, 4) is 0 Å². The lowest BCUT2D eigenvalue weighted by Gasteiger charge is -2.04. The van der Waals surface area contributed by atoms with Crippen molar-refractivity contribution in [2.24, 2.45) is 0 Å². The predicted octanol–water partition coefficient (Wildman–Crippen LogP) is 1.95. The number of halogens is 1. The third-order valence-corrected chi connectivity index (χ3v) is 2.71. The summed E-state index contributed by atoms with van der Waals surface area (Å²) >= 11 is 3.41. The molecule has 1 unspecified atom stereocenters. The molecule has 2 N–H and O–H groups in total. The van der Waals surface area contributed by atoms with Gasteiger partial charge in [0.2, 0.25) is 0 Å². The molecule has 0 amide bonds. The van der Waals surface area contributed by atoms with E-state index in [0.717, 1.165) is 16.7 Å². The van der Waals surface area contributed by atoms with Gasteiger partial charge in [0.15, 0.2) is 0 Å². The summed E-state index contributed by atoms with van der Waals surface area (Å²) in [6.07, 6.45) is 0. The van der Waals surface area contributed by atoms with Gasteiger partial charge in [-0.2, -0.15) is 0 Å². The zero-order valence-electron chi connectivity index (χ0n) is 6.55. The quantitative estimate of drug-likeness (QED) is 0.769. The molecule has 0 aliphatic carbocycles. The fourth-order valence-electron chi connectivity index (χ4n) is 1.54. The Morgan fingerprint density at radius 2 is 2.42 bits per heavy atom. The van der Waals surface area contributed by atoms with Crippen LogP contribution in [-0.4, -0.2) is 18.3 Å². The maximum atomic E-state index is 9.05. The zero-order chi connectivity index (χ0) is 8.55. The van der Waals surface area contributed by atoms with Gasteiger partial charge < -0.3 is 10.4 Å². The molecule has 0 aromatic heterocycles. The number of anilines is 1. The average molecular weight is 228 g/mol. The van der Waals surface area contributed by atoms with Gasteiger partial charge in [-0.3, -0.25) is 0 Å². The minimum absolute atomic E-state index is 0.219. The van der Waals surface area contributed by atoms with Crippen LogP contribution < -0.4 is 5.32 Å². The summed E-state index contributed by atoms with van der Waals surface area (Å²) < 4.78 is 1.07. The van der Waals surface area contributed by atoms with Gasteiger partial charge >= 0.3 is 0 Å². The van der Waals surface area contributed by atoms with E-state index in [-0.39, 0.29) is 12.5 Å². The number of aliphatic hydroxyl groups excluding tert-OH is 1. The van der Waals surface area contributed by atoms with E-state index in [1.165, 1.54) is 5.56 Å². The van der Waals surface area contributed by atoms with Crippen LogP contribution in [0.3, 0.4) is 0 Å². The van der Waals surface area contributed by atoms with Crippen LogP contribution in [0.5, 0.6) is 0 Å². The smallest absolute Gasteiger partial charge is 0.0517 e. The van der Waals surface area contributed by atoms with E-state index in [1.54, 1.807) is 0 Å². The first kappa shape index (κ1) is 8.08. The van der Waals surface area contributed by atoms with Crippen LogP contribution in [0.2, 0.25) is 0 Å². The normalized spacial score (nSPS) is 20.3. The van der Waals surface area contributed by atoms with Crippen LogP contribution >= 0.6 is 15.9 Å². The van der Waals surface area contributed by atoms with Gasteiger partial charge in [-0.15, -0.1) is 0 Å². The maximum absolute atomic E-state index is 9.05. The highest BCUT2D eigenvalue weighted by atomic mass is 79.9. The maximum Gasteiger partial charge on any atom is 0.0517 e. The van der Waals surface area contributed by atoms with Crippen molar-refractivity contribution >= 4 is 21.6 Å². The van der Waals surface area contributed by atoms with Crippen molar-refractivity contribution in [3.05, 3.63) is 28.2 Å². The molecule has 1 aliphatic heterocycles. The van der Waals surface area contributed by atoms with E-state index >= 15 is 0 Å². The van der Waals surface area contributed by atoms with E-state index in [9.17, 15) is 0 Å². The lowest BCUT2D eigenvalue weighted by Crippen LogP contribution is -2.05. The predicted molar refractivity (Wildman–Crippen MR) is 52.5 cm³/mol. The minimum Gasteiger partial charge on any atom is -0.396 e. The molecule has 1 atom stereocenters. The highest BCUT2D eigenvalue weighted by Crippen LogP contribution is 2.32. The van der Waals surface area contributed by atoms with Crippen molar-refractivity contribution in [2.75, 3.05) is 18.5 Å². The van der Waals surface area contributed by atoms with Gasteiger partial charge in [0, 0.05) is 22.6 Å². The second kappa shape index (κ2) is 3.07. The van der Waals surface area contributed by atoms with Crippen LogP contribution in [0.1, 0.15) is 11.5 Å². The van der Waals surface area contributed by atoms with Gasteiger partial charge in [0.25, 0.3) is 0 Å². The van der Waals surface area contributed by atoms with Crippen molar-refractivity contribution < 1.29 is 5.11 Å². The highest BCUT2D eigenvalue weighted by molar-refractivity contribution is 9.10. The Balaban J connectivity index is 2.42. The van der Waals surface area contributed by atoms with Gasteiger partial charge in [-0.25, -0.2) is 0 Å². The second-order valence-corrected chi connectivity index (χ2v) is 3.91. The van der Waals surface area contributed by atoms with Gasteiger partial charge in [-0.1, -0.05) is 15.9 Å². The number of fused-ring (bicyclic) bond motifs is 1. The molecular weight excluding hydrogens is 218 g/mol. The van der Waals surface area contributed by atoms with Crippen molar-refractivity contribution in [1.29, 1.82) is 0 Å². The van der Waals surface area contributed by atoms with Crippen LogP contribution in [0, 0.1) is 0 Å². The number of aliphatic hydroxyl groups is 1. The van der Waals surface area contributed by atoms with Crippen LogP contribution in [0.15, 0.2) is 22.7 Å². The summed E-state index contributed by atoms with van der Waals surface area (Å²) in [7, 11) is 0. The molecule has 2 nitrogen and oxygen atoms in total. The zero-order valence-corrected chi connectivity index (χ0v) is 8.13. The van der Waals surface area contributed by atoms with E-state index < -0.39 is 0 Å². The Kier molecular flexibility index (Phi) is 2.07. The largest absolute Gasteiger partial charge is 0.396 e. The molecule has 3 heteroatoms. The van der Waals surface area contributed by atoms with Crippen LogP contribution in [-0.2, 0) is 0 Å². The molecule has 12 heavy (non-hydrogen) atoms. The van der Waals surface area contributed by atoms with E-state index in [0.29, 0.717) is 0 Å². The molecule has 64 valence electrons. The van der Waals surface area contributed by atoms with E-state index in [1.807, 2.05) is 12.1 Å². The monoisotopic (exact) mass is 227 g/mol. The first-order valence-electron chi connectivity index (χ1n) is 3.95. The summed E-state index contributed by atoms with van der Waals surface area (Å²) in [4.78, 5) is 0. The van der Waals surface area contributed by atoms with Crippen LogP contribution in [0.25, 0.3) is 0 Å². The van der Waals surface area contributed by atoms with Gasteiger partial charge in [0.1, 0.15) is 0 Å². The van der Waals surface area contributed by atoms with Crippen molar-refractivity contribution in [1.82, 2.24) is 0 Å². The number of benzene rings is 1. The Bertz CT molecular complexity index is 301. The van der Waals surface area contributed by atoms with Gasteiger partial charge in [-0.05, 0) is 23.8 Å². The topological polar surface area (TPSA) is 32.3 Å². The van der Waals surface area contributed by atoms with Crippen molar-refractivity contribution in [2.45, 2.75) is 5.92 Å². The summed E-state index contributed by atoms with van der Waals surface area (Å²) in [5.41, 5.74) is 2.36. The Labute approximate surface area is 79.7 Å².